The summed E-state index contributed by atoms with van der Waals surface area (Å²) in [6.07, 6.45) is 0. The molecule has 0 amide bonds. The minimum atomic E-state index is -1.22. The molecule has 1 unspecified atom stereocenters. The van der Waals surface area contributed by atoms with Gasteiger partial charge in [-0.2, -0.15) is 0 Å². The summed E-state index contributed by atoms with van der Waals surface area (Å²) in [6, 6.07) is 19.7. The third-order valence-electron chi connectivity index (χ3n) is 2.35. The largest absolute Gasteiger partial charge is 0.305 e. The number of rotatable bonds is 4. The van der Waals surface area contributed by atoms with Crippen molar-refractivity contribution in [2.45, 2.75) is 4.58 Å². The molecule has 0 aromatic heterocycles. The van der Waals surface area contributed by atoms with Crippen LogP contribution in [0.1, 0.15) is 0 Å². The Morgan fingerprint density at radius 2 is 1.17 bits per heavy atom. The summed E-state index contributed by atoms with van der Waals surface area (Å²) in [4.78, 5) is 0. The van der Waals surface area contributed by atoms with E-state index in [1.54, 1.807) is 0 Å². The number of halogens is 3. The summed E-state index contributed by atoms with van der Waals surface area (Å²) >= 11 is 18.3. The Bertz CT molecular complexity index is 439. The normalized spacial score (nSPS) is 12.4. The van der Waals surface area contributed by atoms with Gasteiger partial charge in [-0.3, -0.25) is 0 Å². The molecule has 0 saturated heterocycles. The first-order valence-electron chi connectivity index (χ1n) is 5.33. The van der Waals surface area contributed by atoms with Crippen LogP contribution in [0.2, 0.25) is 0 Å². The van der Waals surface area contributed by atoms with Gasteiger partial charge in [-0.25, -0.2) is 0 Å². The Morgan fingerprint density at radius 3 is 1.50 bits per heavy atom. The van der Waals surface area contributed by atoms with E-state index in [0.717, 1.165) is 11.4 Å². The van der Waals surface area contributed by atoms with Crippen LogP contribution >= 0.6 is 41.9 Å². The van der Waals surface area contributed by atoms with E-state index in [4.69, 9.17) is 34.4 Å². The highest BCUT2D eigenvalue weighted by Gasteiger charge is 2.24. The molecule has 0 aliphatic rings. The van der Waals surface area contributed by atoms with Crippen molar-refractivity contribution in [3.63, 3.8) is 0 Å². The van der Waals surface area contributed by atoms with E-state index in [9.17, 15) is 0 Å². The van der Waals surface area contributed by atoms with Gasteiger partial charge >= 0.3 is 0 Å². The summed E-state index contributed by atoms with van der Waals surface area (Å²) in [5, 5.41) is 0. The van der Waals surface area contributed by atoms with E-state index in [0.29, 0.717) is 0 Å². The molecule has 18 heavy (non-hydrogen) atoms. The standard InChI is InChI=1S/C13H11Cl3NP/c14-13(15)18(16)17(11-7-3-1-4-8-11)12-9-5-2-6-10-12/h1-10,13H. The van der Waals surface area contributed by atoms with Crippen molar-refractivity contribution in [2.75, 3.05) is 4.67 Å². The van der Waals surface area contributed by atoms with Gasteiger partial charge in [0.1, 0.15) is 7.43 Å². The van der Waals surface area contributed by atoms with Crippen LogP contribution in [0, 0.1) is 0 Å². The summed E-state index contributed by atoms with van der Waals surface area (Å²) in [7, 11) is -1.22. The summed E-state index contributed by atoms with van der Waals surface area (Å²) in [5.41, 5.74) is 1.97. The molecule has 0 heterocycles. The van der Waals surface area contributed by atoms with Crippen molar-refractivity contribution < 1.29 is 0 Å². The number of alkyl halides is 2. The number of nitrogens with zero attached hydrogens (tertiary/aromatic N) is 1. The lowest BCUT2D eigenvalue weighted by atomic mass is 10.3. The summed E-state index contributed by atoms with van der Waals surface area (Å²) < 4.78 is 1.35. The Morgan fingerprint density at radius 1 is 0.778 bits per heavy atom. The third kappa shape index (κ3) is 3.30. The number of hydrogen-bond donors (Lipinski definition) is 0. The molecule has 2 aromatic carbocycles. The quantitative estimate of drug-likeness (QED) is 0.483. The van der Waals surface area contributed by atoms with Crippen LogP contribution < -0.4 is 4.67 Å². The first kappa shape index (κ1) is 14.0. The average molecular weight is 319 g/mol. The number of para-hydroxylation sites is 2. The van der Waals surface area contributed by atoms with Gasteiger partial charge < -0.3 is 4.67 Å². The third-order valence-corrected chi connectivity index (χ3v) is 6.27. The average Bonchev–Trinajstić information content (AvgIpc) is 2.41. The van der Waals surface area contributed by atoms with Crippen molar-refractivity contribution in [2.24, 2.45) is 0 Å². The molecule has 5 heteroatoms. The topological polar surface area (TPSA) is 3.24 Å². The highest BCUT2D eigenvalue weighted by atomic mass is 35.7. The second-order valence-corrected chi connectivity index (χ2v) is 7.79. The lowest BCUT2D eigenvalue weighted by Gasteiger charge is -2.29. The van der Waals surface area contributed by atoms with Gasteiger partial charge in [0.05, 0.1) is 0 Å². The SMILES string of the molecule is ClC(Cl)P(Cl)N(c1ccccc1)c1ccccc1. The maximum atomic E-state index is 6.38. The molecule has 0 N–H and O–H groups in total. The van der Waals surface area contributed by atoms with Gasteiger partial charge in [-0.15, -0.1) is 0 Å². The van der Waals surface area contributed by atoms with Crippen LogP contribution in [0.25, 0.3) is 0 Å². The number of anilines is 2. The molecule has 94 valence electrons. The molecule has 1 nitrogen and oxygen atoms in total. The summed E-state index contributed by atoms with van der Waals surface area (Å²) in [5.74, 6) is 0. The van der Waals surface area contributed by atoms with E-state index < -0.39 is 12.0 Å². The molecule has 2 rings (SSSR count). The molecule has 2 aromatic rings. The van der Waals surface area contributed by atoms with Gasteiger partial charge in [-0.1, -0.05) is 70.8 Å². The first-order chi connectivity index (χ1) is 8.70. The van der Waals surface area contributed by atoms with Crippen LogP contribution in [0.3, 0.4) is 0 Å². The van der Waals surface area contributed by atoms with Gasteiger partial charge in [0.15, 0.2) is 4.58 Å². The molecule has 0 bridgehead atoms. The fraction of sp³-hybridized carbons (Fsp3) is 0.0769. The van der Waals surface area contributed by atoms with Gasteiger partial charge in [0.2, 0.25) is 0 Å². The zero-order valence-corrected chi connectivity index (χ0v) is 12.5. The molecule has 1 atom stereocenters. The Balaban J connectivity index is 2.42. The van der Waals surface area contributed by atoms with E-state index in [2.05, 4.69) is 0 Å². The minimum Gasteiger partial charge on any atom is -0.305 e. The number of hydrogen-bond acceptors (Lipinski definition) is 1. The zero-order valence-electron chi connectivity index (χ0n) is 9.38. The Labute approximate surface area is 123 Å². The monoisotopic (exact) mass is 317 g/mol. The van der Waals surface area contributed by atoms with Crippen LogP contribution in [0.15, 0.2) is 60.7 Å². The van der Waals surface area contributed by atoms with E-state index >= 15 is 0 Å². The predicted molar refractivity (Wildman–Crippen MR) is 83.3 cm³/mol. The molecule has 0 spiro atoms. The minimum absolute atomic E-state index is 0.623. The lowest BCUT2D eigenvalue weighted by molar-refractivity contribution is 1.41. The molecule has 0 saturated carbocycles. The smallest absolute Gasteiger partial charge is 0.159 e. The molecule has 0 aliphatic heterocycles. The first-order valence-corrected chi connectivity index (χ1v) is 8.47. The van der Waals surface area contributed by atoms with Crippen LogP contribution in [0.5, 0.6) is 0 Å². The van der Waals surface area contributed by atoms with Gasteiger partial charge in [-0.05, 0) is 24.3 Å². The molecule has 0 radical (unpaired) electrons. The summed E-state index contributed by atoms with van der Waals surface area (Å²) in [6.45, 7) is 0. The van der Waals surface area contributed by atoms with E-state index in [1.807, 2.05) is 65.3 Å². The van der Waals surface area contributed by atoms with Crippen molar-refractivity contribution >= 4 is 53.2 Å². The van der Waals surface area contributed by atoms with Crippen LogP contribution in [-0.2, 0) is 0 Å². The Hall–Kier alpha value is -0.460. The maximum Gasteiger partial charge on any atom is 0.159 e. The van der Waals surface area contributed by atoms with Crippen LogP contribution in [0.4, 0.5) is 11.4 Å². The van der Waals surface area contributed by atoms with Crippen molar-refractivity contribution in [1.29, 1.82) is 0 Å². The fourth-order valence-electron chi connectivity index (χ4n) is 1.60. The van der Waals surface area contributed by atoms with Crippen molar-refractivity contribution in [1.82, 2.24) is 0 Å². The van der Waals surface area contributed by atoms with Gasteiger partial charge in [0.25, 0.3) is 0 Å². The van der Waals surface area contributed by atoms with E-state index in [-0.39, 0.29) is 0 Å². The second kappa shape index (κ2) is 6.63. The molecule has 0 fully saturated rings. The second-order valence-electron chi connectivity index (χ2n) is 3.55. The van der Waals surface area contributed by atoms with Crippen molar-refractivity contribution in [3.05, 3.63) is 60.7 Å². The van der Waals surface area contributed by atoms with Crippen LogP contribution in [-0.4, -0.2) is 4.58 Å². The predicted octanol–water partition coefficient (Wildman–Crippen LogP) is 6.14. The molecular weight excluding hydrogens is 307 g/mol. The molecular formula is C13H11Cl3NP. The van der Waals surface area contributed by atoms with Crippen molar-refractivity contribution in [3.8, 4) is 0 Å². The lowest BCUT2D eigenvalue weighted by Crippen LogP contribution is -2.10. The Kier molecular flexibility index (Phi) is 5.14. The number of benzene rings is 2. The van der Waals surface area contributed by atoms with E-state index in [1.165, 1.54) is 0 Å². The highest BCUT2D eigenvalue weighted by Crippen LogP contribution is 2.58. The highest BCUT2D eigenvalue weighted by molar-refractivity contribution is 7.88. The zero-order chi connectivity index (χ0) is 13.0. The fourth-order valence-corrected chi connectivity index (χ4v) is 3.53. The molecule has 0 aliphatic carbocycles. The maximum absolute atomic E-state index is 6.38. The van der Waals surface area contributed by atoms with Gasteiger partial charge in [0, 0.05) is 11.4 Å².